The smallest absolute Gasteiger partial charge is 0.395 e. The second-order valence-electron chi connectivity index (χ2n) is 5.22. The highest BCUT2D eigenvalue weighted by Gasteiger charge is 2.21. The lowest BCUT2D eigenvalue weighted by atomic mass is 9.91. The van der Waals surface area contributed by atoms with Crippen LogP contribution in [0.15, 0.2) is 30.3 Å². The molecule has 0 spiro atoms. The van der Waals surface area contributed by atoms with Gasteiger partial charge in [0.2, 0.25) is 0 Å². The summed E-state index contributed by atoms with van der Waals surface area (Å²) in [4.78, 5) is 12.9. The van der Waals surface area contributed by atoms with Gasteiger partial charge in [-0.05, 0) is 50.5 Å². The molecule has 0 N–H and O–H groups in total. The highest BCUT2D eigenvalue weighted by molar-refractivity contribution is 7.17. The van der Waals surface area contributed by atoms with E-state index in [2.05, 4.69) is 0 Å². The average Bonchev–Trinajstić information content (AvgIpc) is 2.37. The van der Waals surface area contributed by atoms with E-state index in [0.717, 1.165) is 22.3 Å². The molecule has 0 aliphatic carbocycles. The van der Waals surface area contributed by atoms with Crippen molar-refractivity contribution in [3.63, 3.8) is 0 Å². The zero-order valence-corrected chi connectivity index (χ0v) is 13.5. The molecule has 0 bridgehead atoms. The third-order valence-corrected chi connectivity index (χ3v) is 3.77. The molecule has 0 fully saturated rings. The number of rotatable bonds is 4. The number of aryl methyl sites for hydroxylation is 4. The highest BCUT2D eigenvalue weighted by atomic mass is 31.1. The molecular formula is C17H17O3P. The lowest BCUT2D eigenvalue weighted by molar-refractivity contribution is 0.103. The van der Waals surface area contributed by atoms with Crippen LogP contribution in [0.25, 0.3) is 0 Å². The maximum atomic E-state index is 12.9. The largest absolute Gasteiger partial charge is 0.407 e. The SMILES string of the molecule is Cc1cc(C)c(C(=O)c2c(C)cccc2OP=O)c(C)c1. The van der Waals surface area contributed by atoms with Crippen LogP contribution in [0, 0.1) is 27.7 Å². The van der Waals surface area contributed by atoms with E-state index in [9.17, 15) is 9.36 Å². The molecule has 4 heteroatoms. The molecule has 0 unspecified atom stereocenters. The lowest BCUT2D eigenvalue weighted by Gasteiger charge is -2.14. The van der Waals surface area contributed by atoms with Gasteiger partial charge in [0.25, 0.3) is 0 Å². The van der Waals surface area contributed by atoms with Crippen LogP contribution in [-0.4, -0.2) is 5.78 Å². The van der Waals surface area contributed by atoms with Gasteiger partial charge >= 0.3 is 8.69 Å². The Hall–Kier alpha value is -1.99. The topological polar surface area (TPSA) is 43.4 Å². The molecule has 0 saturated carbocycles. The van der Waals surface area contributed by atoms with Crippen molar-refractivity contribution in [2.45, 2.75) is 27.7 Å². The number of carbonyl (C=O) groups is 1. The maximum Gasteiger partial charge on any atom is 0.395 e. The fraction of sp³-hybridized carbons (Fsp3) is 0.235. The molecular weight excluding hydrogens is 283 g/mol. The first-order valence-corrected chi connectivity index (χ1v) is 7.40. The molecule has 0 aliphatic heterocycles. The molecule has 0 radical (unpaired) electrons. The van der Waals surface area contributed by atoms with Crippen LogP contribution >= 0.6 is 8.69 Å². The predicted octanol–water partition coefficient (Wildman–Crippen LogP) is 4.74. The Morgan fingerprint density at radius 3 is 2.14 bits per heavy atom. The molecule has 2 aromatic carbocycles. The van der Waals surface area contributed by atoms with Crippen molar-refractivity contribution in [1.82, 2.24) is 0 Å². The van der Waals surface area contributed by atoms with Gasteiger partial charge in [0.1, 0.15) is 5.75 Å². The molecule has 108 valence electrons. The Kier molecular flexibility index (Phi) is 4.54. The molecule has 2 aromatic rings. The van der Waals surface area contributed by atoms with Gasteiger partial charge in [-0.25, -0.2) is 4.57 Å². The molecule has 0 aromatic heterocycles. The second kappa shape index (κ2) is 6.19. The minimum absolute atomic E-state index is 0.0956. The number of ketones is 1. The fourth-order valence-electron chi connectivity index (χ4n) is 2.71. The molecule has 0 atom stereocenters. The average molecular weight is 300 g/mol. The molecule has 0 heterocycles. The second-order valence-corrected chi connectivity index (χ2v) is 5.55. The van der Waals surface area contributed by atoms with Crippen LogP contribution in [0.4, 0.5) is 0 Å². The van der Waals surface area contributed by atoms with Crippen LogP contribution in [0.3, 0.4) is 0 Å². The summed E-state index contributed by atoms with van der Waals surface area (Å²) in [6.45, 7) is 7.71. The van der Waals surface area contributed by atoms with Crippen molar-refractivity contribution >= 4 is 14.5 Å². The summed E-state index contributed by atoms with van der Waals surface area (Å²) >= 11 is 0. The van der Waals surface area contributed by atoms with Crippen molar-refractivity contribution in [3.8, 4) is 5.75 Å². The van der Waals surface area contributed by atoms with Crippen molar-refractivity contribution in [1.29, 1.82) is 0 Å². The molecule has 0 aliphatic rings. The first kappa shape index (κ1) is 15.4. The number of hydrogen-bond acceptors (Lipinski definition) is 3. The van der Waals surface area contributed by atoms with E-state index in [0.29, 0.717) is 16.9 Å². The van der Waals surface area contributed by atoms with Gasteiger partial charge in [-0.3, -0.25) is 4.79 Å². The number of carbonyl (C=O) groups excluding carboxylic acids is 1. The maximum absolute atomic E-state index is 12.9. The van der Waals surface area contributed by atoms with E-state index in [1.165, 1.54) is 0 Å². The summed E-state index contributed by atoms with van der Waals surface area (Å²) in [5, 5.41) is 0. The number of hydrogen-bond donors (Lipinski definition) is 0. The molecule has 3 nitrogen and oxygen atoms in total. The summed E-state index contributed by atoms with van der Waals surface area (Å²) in [5.41, 5.74) is 4.96. The van der Waals surface area contributed by atoms with E-state index in [1.807, 2.05) is 45.9 Å². The molecule has 2 rings (SSSR count). The van der Waals surface area contributed by atoms with Gasteiger partial charge in [0.05, 0.1) is 5.56 Å². The van der Waals surface area contributed by atoms with E-state index in [1.54, 1.807) is 12.1 Å². The van der Waals surface area contributed by atoms with E-state index in [-0.39, 0.29) is 5.78 Å². The Balaban J connectivity index is 2.63. The molecule has 21 heavy (non-hydrogen) atoms. The minimum Gasteiger partial charge on any atom is -0.407 e. The van der Waals surface area contributed by atoms with Crippen molar-refractivity contribution in [3.05, 3.63) is 63.7 Å². The van der Waals surface area contributed by atoms with Crippen molar-refractivity contribution < 1.29 is 13.9 Å². The van der Waals surface area contributed by atoms with E-state index >= 15 is 0 Å². The quantitative estimate of drug-likeness (QED) is 0.605. The summed E-state index contributed by atoms with van der Waals surface area (Å²) in [5.74, 6) is 0.248. The van der Waals surface area contributed by atoms with Crippen molar-refractivity contribution in [2.75, 3.05) is 0 Å². The summed E-state index contributed by atoms with van der Waals surface area (Å²) < 4.78 is 15.8. The van der Waals surface area contributed by atoms with Gasteiger partial charge in [-0.1, -0.05) is 29.8 Å². The van der Waals surface area contributed by atoms with Crippen LogP contribution < -0.4 is 4.52 Å². The van der Waals surface area contributed by atoms with Crippen molar-refractivity contribution in [2.24, 2.45) is 0 Å². The fourth-order valence-corrected chi connectivity index (χ4v) is 2.94. The molecule has 0 amide bonds. The van der Waals surface area contributed by atoms with Gasteiger partial charge in [0, 0.05) is 5.56 Å². The Labute approximate surface area is 126 Å². The molecule has 0 saturated heterocycles. The minimum atomic E-state index is -0.466. The third kappa shape index (κ3) is 3.03. The van der Waals surface area contributed by atoms with Crippen LogP contribution in [0.1, 0.15) is 38.2 Å². The summed E-state index contributed by atoms with van der Waals surface area (Å²) in [7, 11) is -0.466. The van der Waals surface area contributed by atoms with Gasteiger partial charge in [-0.2, -0.15) is 0 Å². The highest BCUT2D eigenvalue weighted by Crippen LogP contribution is 2.29. The summed E-state index contributed by atoms with van der Waals surface area (Å²) in [6.07, 6.45) is 0. The third-order valence-electron chi connectivity index (χ3n) is 3.50. The van der Waals surface area contributed by atoms with E-state index < -0.39 is 8.69 Å². The van der Waals surface area contributed by atoms with Gasteiger partial charge in [0.15, 0.2) is 5.78 Å². The zero-order valence-electron chi connectivity index (χ0n) is 12.6. The monoisotopic (exact) mass is 300 g/mol. The normalized spacial score (nSPS) is 10.7. The first-order chi connectivity index (χ1) is 9.95. The lowest BCUT2D eigenvalue weighted by Crippen LogP contribution is -2.09. The van der Waals surface area contributed by atoms with E-state index in [4.69, 9.17) is 4.52 Å². The zero-order chi connectivity index (χ0) is 15.6. The standard InChI is InChI=1S/C17H17O3P/c1-10-8-12(3)15(13(4)9-10)17(18)16-11(2)6-5-7-14(16)20-21-19/h5-9H,1-4H3. The Morgan fingerprint density at radius 1 is 0.952 bits per heavy atom. The predicted molar refractivity (Wildman–Crippen MR) is 83.5 cm³/mol. The Bertz CT molecular complexity index is 697. The van der Waals surface area contributed by atoms with Crippen LogP contribution in [0.5, 0.6) is 5.75 Å². The summed E-state index contributed by atoms with van der Waals surface area (Å²) in [6, 6.07) is 9.27. The van der Waals surface area contributed by atoms with Crippen LogP contribution in [0.2, 0.25) is 0 Å². The van der Waals surface area contributed by atoms with Gasteiger partial charge in [-0.15, -0.1) is 0 Å². The van der Waals surface area contributed by atoms with Crippen LogP contribution in [-0.2, 0) is 4.57 Å². The first-order valence-electron chi connectivity index (χ1n) is 6.67. The number of benzene rings is 2. The Morgan fingerprint density at radius 2 is 1.57 bits per heavy atom. The van der Waals surface area contributed by atoms with Gasteiger partial charge < -0.3 is 4.52 Å².